The van der Waals surface area contributed by atoms with Crippen LogP contribution >= 0.6 is 0 Å². The summed E-state index contributed by atoms with van der Waals surface area (Å²) in [6, 6.07) is -2.33. The molecule has 10 heteroatoms. The number of carbonyl (C=O) groups excluding carboxylic acids is 4. The Morgan fingerprint density at radius 3 is 0.957 bits per heavy atom. The lowest BCUT2D eigenvalue weighted by Gasteiger charge is -2.26. The van der Waals surface area contributed by atoms with Gasteiger partial charge < -0.3 is 32.7 Å². The highest BCUT2D eigenvalue weighted by Gasteiger charge is 2.30. The SMILES string of the molecule is CC[C@H](C)[C@H](N)C(=O)N[C@H](C(=O)NCCCCCCCCCCCCNC(=O)[C@@H](NC(=O)[C@@H](N)[C@@H](C)CC)[C@@H](C)CC)[C@@H](C)CC. The van der Waals surface area contributed by atoms with Gasteiger partial charge in [0.15, 0.2) is 0 Å². The molecule has 0 saturated heterocycles. The van der Waals surface area contributed by atoms with Crippen LogP contribution in [0.4, 0.5) is 0 Å². The summed E-state index contributed by atoms with van der Waals surface area (Å²) in [5.74, 6) is -0.551. The lowest BCUT2D eigenvalue weighted by molar-refractivity contribution is -0.131. The second-order valence-electron chi connectivity index (χ2n) is 13.7. The Labute approximate surface area is 281 Å². The minimum absolute atomic E-state index is 0.0344. The van der Waals surface area contributed by atoms with Crippen LogP contribution in [0.3, 0.4) is 0 Å². The maximum absolute atomic E-state index is 12.8. The fourth-order valence-electron chi connectivity index (χ4n) is 5.23. The van der Waals surface area contributed by atoms with Gasteiger partial charge in [-0.1, -0.05) is 132 Å². The predicted molar refractivity (Wildman–Crippen MR) is 190 cm³/mol. The molecule has 0 bridgehead atoms. The number of carbonyl (C=O) groups is 4. The minimum atomic E-state index is -0.606. The molecular formula is C36H72N6O4. The van der Waals surface area contributed by atoms with Crippen LogP contribution in [0.15, 0.2) is 0 Å². The Hall–Kier alpha value is -2.20. The molecule has 8 atom stereocenters. The number of hydrogen-bond acceptors (Lipinski definition) is 6. The van der Waals surface area contributed by atoms with Crippen molar-refractivity contribution in [1.29, 1.82) is 0 Å². The van der Waals surface area contributed by atoms with Crippen molar-refractivity contribution in [2.75, 3.05) is 13.1 Å². The molecule has 0 rings (SSSR count). The predicted octanol–water partition coefficient (Wildman–Crippen LogP) is 4.93. The zero-order chi connectivity index (χ0) is 35.1. The quantitative estimate of drug-likeness (QED) is 0.0688. The van der Waals surface area contributed by atoms with Crippen LogP contribution in [0.25, 0.3) is 0 Å². The van der Waals surface area contributed by atoms with E-state index in [1.807, 2.05) is 55.4 Å². The molecule has 0 aliphatic rings. The fourth-order valence-corrected chi connectivity index (χ4v) is 5.23. The third-order valence-electron chi connectivity index (χ3n) is 9.91. The normalized spacial score (nSPS) is 16.7. The van der Waals surface area contributed by atoms with E-state index in [2.05, 4.69) is 21.3 Å². The van der Waals surface area contributed by atoms with Gasteiger partial charge in [0.2, 0.25) is 23.6 Å². The van der Waals surface area contributed by atoms with Crippen molar-refractivity contribution in [3.8, 4) is 0 Å². The lowest BCUT2D eigenvalue weighted by Crippen LogP contribution is -2.55. The Morgan fingerprint density at radius 1 is 0.435 bits per heavy atom. The molecule has 0 spiro atoms. The first-order valence-electron chi connectivity index (χ1n) is 18.5. The standard InChI is InChI=1S/C36H72N6O4/c1-9-25(5)29(37)33(43)41-31(27(7)11-3)35(45)39-23-21-19-17-15-13-14-16-18-20-22-24-40-36(46)32(28(8)12-4)42-34(44)30(38)26(6)10-2/h25-32H,9-24,37-38H2,1-8H3,(H,39,45)(H,40,46)(H,41,43)(H,42,44)/t25-,26-,27-,28-,29-,30-,31-,32-/m0/s1. The van der Waals surface area contributed by atoms with Crippen molar-refractivity contribution in [3.05, 3.63) is 0 Å². The molecule has 0 aliphatic heterocycles. The van der Waals surface area contributed by atoms with Crippen LogP contribution in [0, 0.1) is 23.7 Å². The zero-order valence-corrected chi connectivity index (χ0v) is 30.7. The highest BCUT2D eigenvalue weighted by molar-refractivity contribution is 5.90. The summed E-state index contributed by atoms with van der Waals surface area (Å²) in [6.45, 7) is 17.2. The summed E-state index contributed by atoms with van der Waals surface area (Å²) in [5.41, 5.74) is 12.2. The second kappa shape index (κ2) is 25.8. The van der Waals surface area contributed by atoms with Crippen LogP contribution in [0.2, 0.25) is 0 Å². The second-order valence-corrected chi connectivity index (χ2v) is 13.7. The summed E-state index contributed by atoms with van der Waals surface area (Å²) in [4.78, 5) is 50.8. The van der Waals surface area contributed by atoms with E-state index in [0.717, 1.165) is 64.2 Å². The molecule has 0 fully saturated rings. The Kier molecular flexibility index (Phi) is 24.6. The van der Waals surface area contributed by atoms with Crippen molar-refractivity contribution in [1.82, 2.24) is 21.3 Å². The van der Waals surface area contributed by atoms with E-state index in [1.54, 1.807) is 0 Å². The first-order chi connectivity index (χ1) is 21.9. The van der Waals surface area contributed by atoms with E-state index in [0.29, 0.717) is 13.1 Å². The van der Waals surface area contributed by atoms with Crippen molar-refractivity contribution >= 4 is 23.6 Å². The average molecular weight is 653 g/mol. The largest absolute Gasteiger partial charge is 0.354 e. The average Bonchev–Trinajstić information content (AvgIpc) is 3.06. The zero-order valence-electron chi connectivity index (χ0n) is 30.7. The van der Waals surface area contributed by atoms with Crippen molar-refractivity contribution in [2.24, 2.45) is 35.1 Å². The molecule has 10 nitrogen and oxygen atoms in total. The molecule has 0 aliphatic carbocycles. The van der Waals surface area contributed by atoms with Gasteiger partial charge in [0, 0.05) is 13.1 Å². The summed E-state index contributed by atoms with van der Waals surface area (Å²) < 4.78 is 0. The molecule has 0 unspecified atom stereocenters. The molecule has 0 saturated carbocycles. The van der Waals surface area contributed by atoms with Gasteiger partial charge in [-0.2, -0.15) is 0 Å². The van der Waals surface area contributed by atoms with Crippen LogP contribution in [-0.4, -0.2) is 60.9 Å². The third kappa shape index (κ3) is 17.6. The molecule has 0 aromatic carbocycles. The van der Waals surface area contributed by atoms with Crippen LogP contribution in [-0.2, 0) is 19.2 Å². The maximum atomic E-state index is 12.8. The van der Waals surface area contributed by atoms with E-state index in [1.165, 1.54) is 25.7 Å². The van der Waals surface area contributed by atoms with Gasteiger partial charge >= 0.3 is 0 Å². The van der Waals surface area contributed by atoms with Gasteiger partial charge in [-0.25, -0.2) is 0 Å². The van der Waals surface area contributed by atoms with Gasteiger partial charge in [0.05, 0.1) is 12.1 Å². The monoisotopic (exact) mass is 653 g/mol. The topological polar surface area (TPSA) is 168 Å². The van der Waals surface area contributed by atoms with Crippen molar-refractivity contribution < 1.29 is 19.2 Å². The highest BCUT2D eigenvalue weighted by Crippen LogP contribution is 2.14. The smallest absolute Gasteiger partial charge is 0.242 e. The highest BCUT2D eigenvalue weighted by atomic mass is 16.2. The van der Waals surface area contributed by atoms with E-state index in [9.17, 15) is 19.2 Å². The van der Waals surface area contributed by atoms with E-state index in [4.69, 9.17) is 11.5 Å². The molecule has 8 N–H and O–H groups in total. The molecule has 0 aromatic rings. The van der Waals surface area contributed by atoms with E-state index in [-0.39, 0.29) is 47.3 Å². The van der Waals surface area contributed by atoms with Gasteiger partial charge in [0.25, 0.3) is 0 Å². The van der Waals surface area contributed by atoms with Gasteiger partial charge in [-0.15, -0.1) is 0 Å². The van der Waals surface area contributed by atoms with Gasteiger partial charge in [0.1, 0.15) is 12.1 Å². The summed E-state index contributed by atoms with van der Waals surface area (Å²) >= 11 is 0. The number of hydrogen-bond donors (Lipinski definition) is 6. The lowest BCUT2D eigenvalue weighted by atomic mass is 9.95. The molecule has 0 aromatic heterocycles. The number of amides is 4. The maximum Gasteiger partial charge on any atom is 0.242 e. The Balaban J connectivity index is 4.10. The van der Waals surface area contributed by atoms with Gasteiger partial charge in [-0.05, 0) is 36.5 Å². The van der Waals surface area contributed by atoms with Crippen LogP contribution < -0.4 is 32.7 Å². The Morgan fingerprint density at radius 2 is 0.696 bits per heavy atom. The van der Waals surface area contributed by atoms with Crippen molar-refractivity contribution in [2.45, 2.75) is 169 Å². The number of rotatable bonds is 27. The minimum Gasteiger partial charge on any atom is -0.354 e. The fraction of sp³-hybridized carbons (Fsp3) is 0.889. The van der Waals surface area contributed by atoms with E-state index >= 15 is 0 Å². The van der Waals surface area contributed by atoms with Crippen molar-refractivity contribution in [3.63, 3.8) is 0 Å². The molecule has 0 radical (unpaired) electrons. The molecule has 4 amide bonds. The first-order valence-corrected chi connectivity index (χ1v) is 18.5. The van der Waals surface area contributed by atoms with Gasteiger partial charge in [-0.3, -0.25) is 19.2 Å². The molecule has 46 heavy (non-hydrogen) atoms. The summed E-state index contributed by atoms with van der Waals surface area (Å²) in [6.07, 6.45) is 14.3. The molecule has 0 heterocycles. The summed E-state index contributed by atoms with van der Waals surface area (Å²) in [7, 11) is 0. The van der Waals surface area contributed by atoms with E-state index < -0.39 is 24.2 Å². The number of unbranched alkanes of at least 4 members (excludes halogenated alkanes) is 9. The summed E-state index contributed by atoms with van der Waals surface area (Å²) in [5, 5.41) is 11.8. The van der Waals surface area contributed by atoms with Crippen LogP contribution in [0.1, 0.15) is 145 Å². The van der Waals surface area contributed by atoms with Crippen LogP contribution in [0.5, 0.6) is 0 Å². The Bertz CT molecular complexity index is 788. The third-order valence-corrected chi connectivity index (χ3v) is 9.91. The molecule has 270 valence electrons. The number of nitrogens with two attached hydrogens (primary N) is 2. The first kappa shape index (κ1) is 43.8. The molecular weight excluding hydrogens is 580 g/mol. The number of nitrogens with one attached hydrogen (secondary N) is 4.